The van der Waals surface area contributed by atoms with Crippen LogP contribution in [0.15, 0.2) is 18.3 Å². The van der Waals surface area contributed by atoms with Gasteiger partial charge in [-0.1, -0.05) is 0 Å². The van der Waals surface area contributed by atoms with Crippen LogP contribution >= 0.6 is 0 Å². The van der Waals surface area contributed by atoms with E-state index in [0.29, 0.717) is 18.3 Å². The van der Waals surface area contributed by atoms with E-state index in [1.807, 2.05) is 6.92 Å². The molecule has 7 nitrogen and oxygen atoms in total. The Morgan fingerprint density at radius 3 is 2.52 bits per heavy atom. The van der Waals surface area contributed by atoms with Crippen LogP contribution in [-0.2, 0) is 24.4 Å². The Kier molecular flexibility index (Phi) is 5.85. The lowest BCUT2D eigenvalue weighted by molar-refractivity contribution is -0.131. The second-order valence-electron chi connectivity index (χ2n) is 6.59. The summed E-state index contributed by atoms with van der Waals surface area (Å²) in [6.07, 6.45) is -4.20. The summed E-state index contributed by atoms with van der Waals surface area (Å²) in [4.78, 5) is 17.8. The van der Waals surface area contributed by atoms with Gasteiger partial charge >= 0.3 is 0 Å². The fraction of sp³-hybridized carbons (Fsp3) is 0.444. The normalized spacial score (nSPS) is 11.8. The molecule has 0 atom stereocenters. The van der Waals surface area contributed by atoms with Crippen molar-refractivity contribution < 1.29 is 22.4 Å². The molecule has 0 N–H and O–H groups in total. The third-order valence-corrected chi connectivity index (χ3v) is 4.52. The fourth-order valence-corrected chi connectivity index (χ4v) is 3.05. The molecule has 0 fully saturated rings. The summed E-state index contributed by atoms with van der Waals surface area (Å²) in [7, 11) is 1.56. The molecule has 11 heteroatoms. The van der Waals surface area contributed by atoms with E-state index in [9.17, 15) is 22.4 Å². The fourth-order valence-electron chi connectivity index (χ4n) is 3.05. The Hall–Kier alpha value is -2.98. The Morgan fingerprint density at radius 2 is 1.93 bits per heavy atom. The van der Waals surface area contributed by atoms with E-state index in [4.69, 9.17) is 0 Å². The minimum atomic E-state index is -3.02. The molecule has 0 aliphatic heterocycles. The predicted molar refractivity (Wildman–Crippen MR) is 96.6 cm³/mol. The summed E-state index contributed by atoms with van der Waals surface area (Å²) < 4.78 is 55.9. The van der Waals surface area contributed by atoms with Gasteiger partial charge in [0.15, 0.2) is 5.65 Å². The molecule has 0 saturated heterocycles. The molecule has 156 valence electrons. The highest BCUT2D eigenvalue weighted by Gasteiger charge is 2.24. The zero-order chi connectivity index (χ0) is 21.3. The van der Waals surface area contributed by atoms with Gasteiger partial charge in [0.25, 0.3) is 12.9 Å². The molecule has 0 aliphatic carbocycles. The van der Waals surface area contributed by atoms with Crippen molar-refractivity contribution in [3.8, 4) is 0 Å². The molecule has 3 rings (SSSR count). The Labute approximate surface area is 163 Å². The summed E-state index contributed by atoms with van der Waals surface area (Å²) in [5.41, 5.74) is -0.629. The van der Waals surface area contributed by atoms with Crippen LogP contribution < -0.4 is 0 Å². The summed E-state index contributed by atoms with van der Waals surface area (Å²) in [5.74, 6) is -0.386. The Bertz CT molecular complexity index is 1030. The molecule has 0 bridgehead atoms. The van der Waals surface area contributed by atoms with Gasteiger partial charge in [-0.15, -0.1) is 0 Å². The predicted octanol–water partition coefficient (Wildman–Crippen LogP) is 3.49. The Morgan fingerprint density at radius 1 is 1.21 bits per heavy atom. The zero-order valence-corrected chi connectivity index (χ0v) is 16.1. The number of hydrogen-bond donors (Lipinski definition) is 0. The number of likely N-dealkylation sites (N-methyl/N-ethyl adjacent to an activating group) is 1. The number of halogens is 4. The number of carbonyl (C=O) groups excluding carboxylic acids is 1. The first-order chi connectivity index (χ1) is 13.7. The minimum absolute atomic E-state index is 0.0125. The largest absolute Gasteiger partial charge is 0.338 e. The van der Waals surface area contributed by atoms with Crippen LogP contribution in [0, 0.1) is 6.92 Å². The van der Waals surface area contributed by atoms with Crippen molar-refractivity contribution >= 4 is 16.9 Å². The average molecular weight is 412 g/mol. The van der Waals surface area contributed by atoms with Crippen molar-refractivity contribution in [1.29, 1.82) is 0 Å². The number of aryl methyl sites for hydroxylation is 2. The maximum Gasteiger partial charge on any atom is 0.280 e. The minimum Gasteiger partial charge on any atom is -0.338 e. The first-order valence-electron chi connectivity index (χ1n) is 8.91. The number of pyridine rings is 1. The van der Waals surface area contributed by atoms with Gasteiger partial charge < -0.3 is 4.90 Å². The first kappa shape index (κ1) is 20.7. The molecule has 3 heterocycles. The number of amides is 1. The summed E-state index contributed by atoms with van der Waals surface area (Å²) in [5, 5.41) is 8.37. The standard InChI is InChI=1S/C18H20F4N6O/c1-4-27-6-5-11(25-27)8-26(3)14(29)9-28-18-15(10(2)24-28)12(16(19)20)7-13(23-18)17(21)22/h5-7,16-17H,4,8-9H2,1-3H3. The summed E-state index contributed by atoms with van der Waals surface area (Å²) >= 11 is 0. The highest BCUT2D eigenvalue weighted by Crippen LogP contribution is 2.32. The van der Waals surface area contributed by atoms with E-state index >= 15 is 0 Å². The molecule has 0 unspecified atom stereocenters. The second kappa shape index (κ2) is 8.18. The third kappa shape index (κ3) is 4.22. The van der Waals surface area contributed by atoms with Gasteiger partial charge in [-0.2, -0.15) is 10.2 Å². The topological polar surface area (TPSA) is 68.8 Å². The van der Waals surface area contributed by atoms with Crippen molar-refractivity contribution in [2.45, 2.75) is 46.3 Å². The van der Waals surface area contributed by atoms with Gasteiger partial charge in [0, 0.05) is 25.4 Å². The van der Waals surface area contributed by atoms with Crippen LogP contribution in [0.2, 0.25) is 0 Å². The van der Waals surface area contributed by atoms with E-state index in [2.05, 4.69) is 15.2 Å². The molecule has 0 spiro atoms. The number of alkyl halides is 4. The monoisotopic (exact) mass is 412 g/mol. The lowest BCUT2D eigenvalue weighted by Gasteiger charge is -2.16. The number of fused-ring (bicyclic) bond motifs is 1. The molecule has 0 radical (unpaired) electrons. The number of carbonyl (C=O) groups is 1. The molecule has 29 heavy (non-hydrogen) atoms. The molecule has 3 aromatic heterocycles. The van der Waals surface area contributed by atoms with E-state index in [-0.39, 0.29) is 35.7 Å². The van der Waals surface area contributed by atoms with Crippen LogP contribution in [-0.4, -0.2) is 42.4 Å². The van der Waals surface area contributed by atoms with Crippen molar-refractivity contribution in [1.82, 2.24) is 29.4 Å². The first-order valence-corrected chi connectivity index (χ1v) is 8.91. The van der Waals surface area contributed by atoms with Crippen LogP contribution in [0.5, 0.6) is 0 Å². The lowest BCUT2D eigenvalue weighted by Crippen LogP contribution is -2.30. The molecule has 0 saturated carbocycles. The maximum atomic E-state index is 13.4. The SMILES string of the molecule is CCn1ccc(CN(C)C(=O)Cn2nc(C)c3c(C(F)F)cc(C(F)F)nc32)n1. The molecule has 1 amide bonds. The van der Waals surface area contributed by atoms with Crippen LogP contribution in [0.3, 0.4) is 0 Å². The molecule has 0 aliphatic rings. The van der Waals surface area contributed by atoms with E-state index < -0.39 is 24.1 Å². The van der Waals surface area contributed by atoms with Gasteiger partial charge in [0.2, 0.25) is 5.91 Å². The highest BCUT2D eigenvalue weighted by atomic mass is 19.3. The van der Waals surface area contributed by atoms with Crippen molar-refractivity contribution in [2.24, 2.45) is 0 Å². The number of rotatable bonds is 7. The summed E-state index contributed by atoms with van der Waals surface area (Å²) in [6, 6.07) is 2.47. The van der Waals surface area contributed by atoms with E-state index in [1.54, 1.807) is 24.0 Å². The lowest BCUT2D eigenvalue weighted by atomic mass is 10.1. The van der Waals surface area contributed by atoms with Gasteiger partial charge in [0.1, 0.15) is 12.2 Å². The zero-order valence-electron chi connectivity index (χ0n) is 16.1. The number of hydrogen-bond acceptors (Lipinski definition) is 4. The average Bonchev–Trinajstić information content (AvgIpc) is 3.25. The smallest absolute Gasteiger partial charge is 0.280 e. The maximum absolute atomic E-state index is 13.4. The molecular weight excluding hydrogens is 392 g/mol. The van der Waals surface area contributed by atoms with Gasteiger partial charge in [-0.3, -0.25) is 9.48 Å². The molecule has 0 aromatic carbocycles. The Balaban J connectivity index is 1.89. The number of aromatic nitrogens is 5. The number of nitrogens with zero attached hydrogens (tertiary/aromatic N) is 6. The van der Waals surface area contributed by atoms with Gasteiger partial charge in [-0.05, 0) is 26.0 Å². The molecule has 3 aromatic rings. The van der Waals surface area contributed by atoms with Crippen molar-refractivity contribution in [3.63, 3.8) is 0 Å². The summed E-state index contributed by atoms with van der Waals surface area (Å²) in [6.45, 7) is 4.02. The van der Waals surface area contributed by atoms with E-state index in [0.717, 1.165) is 4.68 Å². The van der Waals surface area contributed by atoms with Crippen molar-refractivity contribution in [2.75, 3.05) is 7.05 Å². The van der Waals surface area contributed by atoms with Gasteiger partial charge in [-0.25, -0.2) is 27.2 Å². The highest BCUT2D eigenvalue weighted by molar-refractivity contribution is 5.84. The van der Waals surface area contributed by atoms with Gasteiger partial charge in [0.05, 0.1) is 23.3 Å². The van der Waals surface area contributed by atoms with Crippen LogP contribution in [0.25, 0.3) is 11.0 Å². The third-order valence-electron chi connectivity index (χ3n) is 4.52. The second-order valence-corrected chi connectivity index (χ2v) is 6.59. The quantitative estimate of drug-likeness (QED) is 0.557. The van der Waals surface area contributed by atoms with Crippen molar-refractivity contribution in [3.05, 3.63) is 41.0 Å². The van der Waals surface area contributed by atoms with E-state index in [1.165, 1.54) is 11.8 Å². The van der Waals surface area contributed by atoms with Crippen LogP contribution in [0.4, 0.5) is 17.6 Å². The van der Waals surface area contributed by atoms with Crippen LogP contribution in [0.1, 0.15) is 42.4 Å². The molecular formula is C18H20F4N6O.